The summed E-state index contributed by atoms with van der Waals surface area (Å²) in [4.78, 5) is 25.7. The first-order chi connectivity index (χ1) is 10.1. The predicted molar refractivity (Wildman–Crippen MR) is 74.3 cm³/mol. The van der Waals surface area contributed by atoms with Gasteiger partial charge in [0, 0.05) is 26.0 Å². The molecular formula is C15H10NO4SW-. The van der Waals surface area contributed by atoms with Gasteiger partial charge >= 0.3 is 0 Å². The van der Waals surface area contributed by atoms with E-state index in [4.69, 9.17) is 0 Å². The van der Waals surface area contributed by atoms with E-state index in [1.807, 2.05) is 0 Å². The molecule has 0 aromatic heterocycles. The second kappa shape index (κ2) is 6.65. The summed E-state index contributed by atoms with van der Waals surface area (Å²) < 4.78 is 21.9. The Balaban J connectivity index is 0.00000176. The minimum Gasteiger partial charge on any atom is -0.768 e. The van der Waals surface area contributed by atoms with Crippen molar-refractivity contribution in [1.29, 1.82) is 0 Å². The first-order valence-corrected chi connectivity index (χ1v) is 7.29. The molecule has 5 nitrogen and oxygen atoms in total. The third-order valence-corrected chi connectivity index (χ3v) is 3.95. The van der Waals surface area contributed by atoms with E-state index in [0.717, 1.165) is 4.90 Å². The molecule has 1 unspecified atom stereocenters. The van der Waals surface area contributed by atoms with Crippen LogP contribution in [0.25, 0.3) is 0 Å². The Hall–Kier alpha value is -1.62. The Morgan fingerprint density at radius 2 is 1.55 bits per heavy atom. The first-order valence-electron chi connectivity index (χ1n) is 6.21. The number of fused-ring (bicyclic) bond motifs is 1. The molecule has 0 radical (unpaired) electrons. The van der Waals surface area contributed by atoms with Crippen molar-refractivity contribution in [2.75, 3.05) is 0 Å². The van der Waals surface area contributed by atoms with Crippen LogP contribution in [-0.4, -0.2) is 25.5 Å². The van der Waals surface area contributed by atoms with E-state index in [2.05, 4.69) is 0 Å². The summed E-state index contributed by atoms with van der Waals surface area (Å²) in [6, 6.07) is 12.8. The zero-order valence-electron chi connectivity index (χ0n) is 11.2. The van der Waals surface area contributed by atoms with Gasteiger partial charge < -0.3 is 4.55 Å². The van der Waals surface area contributed by atoms with E-state index in [1.165, 1.54) is 12.1 Å². The molecule has 0 N–H and O–H groups in total. The van der Waals surface area contributed by atoms with Gasteiger partial charge in [0.1, 0.15) is 0 Å². The minimum atomic E-state index is -2.34. The summed E-state index contributed by atoms with van der Waals surface area (Å²) >= 11 is -2.34. The van der Waals surface area contributed by atoms with Gasteiger partial charge in [-0.2, -0.15) is 0 Å². The molecule has 0 saturated heterocycles. The summed E-state index contributed by atoms with van der Waals surface area (Å²) in [5.74, 6) is -0.714. The summed E-state index contributed by atoms with van der Waals surface area (Å²) in [7, 11) is 0. The fourth-order valence-electron chi connectivity index (χ4n) is 2.31. The van der Waals surface area contributed by atoms with E-state index < -0.39 is 11.1 Å². The molecule has 1 atom stereocenters. The van der Waals surface area contributed by atoms with E-state index >= 15 is 0 Å². The molecule has 0 aliphatic carbocycles. The van der Waals surface area contributed by atoms with Crippen molar-refractivity contribution in [2.45, 2.75) is 11.4 Å². The van der Waals surface area contributed by atoms with Gasteiger partial charge in [-0.25, -0.2) is 0 Å². The van der Waals surface area contributed by atoms with Gasteiger partial charge in [0.05, 0.1) is 17.7 Å². The van der Waals surface area contributed by atoms with Crippen LogP contribution in [0.5, 0.6) is 0 Å². The normalized spacial score (nSPS) is 14.5. The second-order valence-electron chi connectivity index (χ2n) is 4.62. The average molecular weight is 484 g/mol. The number of hydrogen-bond donors (Lipinski definition) is 0. The van der Waals surface area contributed by atoms with Gasteiger partial charge in [0.2, 0.25) is 0 Å². The number of amides is 2. The number of hydrogen-bond acceptors (Lipinski definition) is 4. The van der Waals surface area contributed by atoms with Gasteiger partial charge in [-0.3, -0.25) is 18.7 Å². The number of rotatable bonds is 3. The Labute approximate surface area is 143 Å². The van der Waals surface area contributed by atoms with Crippen LogP contribution in [0.1, 0.15) is 26.3 Å². The maximum absolute atomic E-state index is 12.2. The maximum Gasteiger partial charge on any atom is 0.261 e. The summed E-state index contributed by atoms with van der Waals surface area (Å²) in [6.45, 7) is 0.0530. The molecule has 22 heavy (non-hydrogen) atoms. The van der Waals surface area contributed by atoms with Crippen molar-refractivity contribution in [3.8, 4) is 0 Å². The number of nitrogens with zero attached hydrogens (tertiary/aromatic N) is 1. The van der Waals surface area contributed by atoms with Crippen molar-refractivity contribution in [3.63, 3.8) is 0 Å². The maximum atomic E-state index is 12.2. The van der Waals surface area contributed by atoms with Crippen LogP contribution in [-0.2, 0) is 38.7 Å². The van der Waals surface area contributed by atoms with Gasteiger partial charge in [0.25, 0.3) is 11.8 Å². The van der Waals surface area contributed by atoms with Crippen molar-refractivity contribution < 1.29 is 39.4 Å². The predicted octanol–water partition coefficient (Wildman–Crippen LogP) is 1.72. The van der Waals surface area contributed by atoms with Crippen LogP contribution >= 0.6 is 0 Å². The molecule has 2 amide bonds. The molecule has 0 fully saturated rings. The van der Waals surface area contributed by atoms with Crippen LogP contribution in [0.15, 0.2) is 53.4 Å². The molecule has 0 spiro atoms. The molecule has 7 heteroatoms. The van der Waals surface area contributed by atoms with Crippen LogP contribution in [0.3, 0.4) is 0 Å². The smallest absolute Gasteiger partial charge is 0.261 e. The largest absolute Gasteiger partial charge is 0.768 e. The second-order valence-corrected chi connectivity index (χ2v) is 5.56. The third kappa shape index (κ3) is 2.95. The minimum absolute atomic E-state index is 0. The zero-order chi connectivity index (χ0) is 15.0. The molecular weight excluding hydrogens is 474 g/mol. The van der Waals surface area contributed by atoms with Gasteiger partial charge in [0.15, 0.2) is 0 Å². The monoisotopic (exact) mass is 484 g/mol. The zero-order valence-corrected chi connectivity index (χ0v) is 15.0. The van der Waals surface area contributed by atoms with E-state index in [1.54, 1.807) is 36.4 Å². The number of carbonyl (C=O) groups is 2. The molecule has 2 aromatic carbocycles. The fourth-order valence-corrected chi connectivity index (χ4v) is 2.75. The molecule has 1 aliphatic rings. The number of imide groups is 1. The molecule has 1 heterocycles. The van der Waals surface area contributed by atoms with Crippen molar-refractivity contribution in [3.05, 3.63) is 65.2 Å². The van der Waals surface area contributed by atoms with Crippen molar-refractivity contribution in [1.82, 2.24) is 4.90 Å². The SMILES string of the molecule is O=C1c2ccccc2C(=O)N1Cc1cccc(S(=O)[O-])c1.[W]. The molecule has 0 saturated carbocycles. The molecule has 112 valence electrons. The van der Waals surface area contributed by atoms with E-state index in [-0.39, 0.29) is 44.3 Å². The number of benzene rings is 2. The summed E-state index contributed by atoms with van der Waals surface area (Å²) in [5.41, 5.74) is 1.35. The van der Waals surface area contributed by atoms with Gasteiger partial charge in [-0.15, -0.1) is 0 Å². The summed E-state index contributed by atoms with van der Waals surface area (Å²) in [6.07, 6.45) is 0. The Morgan fingerprint density at radius 3 is 2.09 bits per heavy atom. The topological polar surface area (TPSA) is 77.5 Å². The van der Waals surface area contributed by atoms with Crippen molar-refractivity contribution in [2.24, 2.45) is 0 Å². The van der Waals surface area contributed by atoms with Crippen molar-refractivity contribution >= 4 is 22.9 Å². The number of carbonyl (C=O) groups excluding carboxylic acids is 2. The quantitative estimate of drug-likeness (QED) is 0.492. The Bertz CT molecular complexity index is 743. The first kappa shape index (κ1) is 16.7. The Morgan fingerprint density at radius 1 is 0.955 bits per heavy atom. The summed E-state index contributed by atoms with van der Waals surface area (Å²) in [5, 5.41) is 0. The standard InChI is InChI=1S/C15H11NO4S.W/c17-14-12-6-1-2-7-13(12)15(18)16(14)9-10-4-3-5-11(8-10)21(19)20;/h1-8H,9H2,(H,19,20);/p-1. The van der Waals surface area contributed by atoms with Gasteiger partial charge in [-0.05, 0) is 40.9 Å². The van der Waals surface area contributed by atoms with E-state index in [9.17, 15) is 18.4 Å². The molecule has 0 bridgehead atoms. The molecule has 2 aromatic rings. The van der Waals surface area contributed by atoms with Gasteiger partial charge in [-0.1, -0.05) is 24.3 Å². The van der Waals surface area contributed by atoms with Crippen LogP contribution in [0, 0.1) is 0 Å². The van der Waals surface area contributed by atoms with E-state index in [0.29, 0.717) is 16.7 Å². The molecule has 1 aliphatic heterocycles. The fraction of sp³-hybridized carbons (Fsp3) is 0.0667. The van der Waals surface area contributed by atoms with Crippen LogP contribution < -0.4 is 0 Å². The molecule has 3 rings (SSSR count). The average Bonchev–Trinajstić information content (AvgIpc) is 2.73. The third-order valence-electron chi connectivity index (χ3n) is 3.31. The Kier molecular flexibility index (Phi) is 5.06. The van der Waals surface area contributed by atoms with Crippen LogP contribution in [0.2, 0.25) is 0 Å². The van der Waals surface area contributed by atoms with Crippen LogP contribution in [0.4, 0.5) is 0 Å².